The quantitative estimate of drug-likeness (QED) is 0.712. The van der Waals surface area contributed by atoms with Crippen molar-refractivity contribution < 1.29 is 9.53 Å². The van der Waals surface area contributed by atoms with E-state index in [4.69, 9.17) is 4.74 Å². The van der Waals surface area contributed by atoms with Crippen LogP contribution in [0.2, 0.25) is 0 Å². The van der Waals surface area contributed by atoms with E-state index in [9.17, 15) is 4.79 Å². The molecule has 0 spiro atoms. The molecule has 138 valence electrons. The maximum absolute atomic E-state index is 12.7. The van der Waals surface area contributed by atoms with Crippen LogP contribution in [0.1, 0.15) is 34.9 Å². The average Bonchev–Trinajstić information content (AvgIpc) is 3.15. The maximum Gasteiger partial charge on any atom is 0.274 e. The largest absolute Gasteiger partial charge is 0.437 e. The predicted octanol–water partition coefficient (Wildman–Crippen LogP) is 3.02. The Kier molecular flexibility index (Phi) is 4.82. The Labute approximate surface area is 157 Å². The highest BCUT2D eigenvalue weighted by molar-refractivity contribution is 5.92. The lowest BCUT2D eigenvalue weighted by molar-refractivity contribution is 0.0698. The number of piperidine rings is 1. The Hall–Kier alpha value is -3.22. The lowest BCUT2D eigenvalue weighted by atomic mass is 9.94. The summed E-state index contributed by atoms with van der Waals surface area (Å²) in [6, 6.07) is 11.3. The standard InChI is InChI=1S/C20H21N5O2/c1-24-13-9-17(23-24)20(26)25-12-5-6-15(14-25)18-19(22-11-10-21-18)27-16-7-3-2-4-8-16/h2-4,7-11,13,15H,5-6,12,14H2,1H3. The van der Waals surface area contributed by atoms with Gasteiger partial charge in [0.25, 0.3) is 5.91 Å². The minimum atomic E-state index is -0.0466. The molecule has 2 aromatic heterocycles. The van der Waals surface area contributed by atoms with Crippen LogP contribution in [-0.4, -0.2) is 43.6 Å². The van der Waals surface area contributed by atoms with Gasteiger partial charge in [0.2, 0.25) is 5.88 Å². The Morgan fingerprint density at radius 3 is 2.74 bits per heavy atom. The second kappa shape index (κ2) is 7.57. The van der Waals surface area contributed by atoms with Crippen LogP contribution in [0, 0.1) is 0 Å². The molecular weight excluding hydrogens is 342 g/mol. The average molecular weight is 363 g/mol. The van der Waals surface area contributed by atoms with E-state index in [1.807, 2.05) is 42.3 Å². The number of nitrogens with zero attached hydrogens (tertiary/aromatic N) is 5. The van der Waals surface area contributed by atoms with Crippen LogP contribution in [0.25, 0.3) is 0 Å². The molecule has 0 N–H and O–H groups in total. The zero-order valence-corrected chi connectivity index (χ0v) is 15.2. The zero-order valence-electron chi connectivity index (χ0n) is 15.2. The third-order valence-corrected chi connectivity index (χ3v) is 4.68. The zero-order chi connectivity index (χ0) is 18.6. The highest BCUT2D eigenvalue weighted by Crippen LogP contribution is 2.32. The van der Waals surface area contributed by atoms with Crippen molar-refractivity contribution in [3.8, 4) is 11.6 Å². The molecule has 0 bridgehead atoms. The molecule has 1 atom stereocenters. The summed E-state index contributed by atoms with van der Waals surface area (Å²) in [5.41, 5.74) is 1.26. The molecule has 7 heteroatoms. The summed E-state index contributed by atoms with van der Waals surface area (Å²) in [5.74, 6) is 1.26. The number of ether oxygens (including phenoxy) is 1. The molecule has 0 aliphatic carbocycles. The number of carbonyl (C=O) groups is 1. The van der Waals surface area contributed by atoms with Gasteiger partial charge in [-0.15, -0.1) is 0 Å². The van der Waals surface area contributed by atoms with Gasteiger partial charge in [-0.25, -0.2) is 4.98 Å². The summed E-state index contributed by atoms with van der Waals surface area (Å²) in [6.45, 7) is 1.31. The fraction of sp³-hybridized carbons (Fsp3) is 0.300. The molecule has 1 fully saturated rings. The molecule has 1 unspecified atom stereocenters. The van der Waals surface area contributed by atoms with Gasteiger partial charge in [-0.1, -0.05) is 18.2 Å². The first kappa shape index (κ1) is 17.2. The third-order valence-electron chi connectivity index (χ3n) is 4.68. The molecule has 1 saturated heterocycles. The summed E-state index contributed by atoms with van der Waals surface area (Å²) >= 11 is 0. The molecule has 1 amide bonds. The van der Waals surface area contributed by atoms with Crippen molar-refractivity contribution in [1.82, 2.24) is 24.6 Å². The first-order valence-electron chi connectivity index (χ1n) is 9.03. The van der Waals surface area contributed by atoms with Crippen molar-refractivity contribution in [3.05, 3.63) is 66.4 Å². The highest BCUT2D eigenvalue weighted by atomic mass is 16.5. The molecule has 1 aromatic carbocycles. The van der Waals surface area contributed by atoms with Crippen LogP contribution in [0.15, 0.2) is 55.0 Å². The number of para-hydroxylation sites is 1. The highest BCUT2D eigenvalue weighted by Gasteiger charge is 2.29. The molecule has 0 saturated carbocycles. The lowest BCUT2D eigenvalue weighted by Gasteiger charge is -2.32. The van der Waals surface area contributed by atoms with Gasteiger partial charge in [0, 0.05) is 44.6 Å². The van der Waals surface area contributed by atoms with Gasteiger partial charge in [0.15, 0.2) is 0 Å². The van der Waals surface area contributed by atoms with Gasteiger partial charge in [-0.3, -0.25) is 14.5 Å². The maximum atomic E-state index is 12.7. The van der Waals surface area contributed by atoms with E-state index < -0.39 is 0 Å². The first-order chi connectivity index (χ1) is 13.2. The topological polar surface area (TPSA) is 73.1 Å². The second-order valence-electron chi connectivity index (χ2n) is 6.63. The Bertz CT molecular complexity index is 925. The van der Waals surface area contributed by atoms with Crippen LogP contribution in [-0.2, 0) is 7.05 Å². The normalized spacial score (nSPS) is 16.9. The summed E-state index contributed by atoms with van der Waals surface area (Å²) in [5, 5.41) is 4.23. The number of hydrogen-bond donors (Lipinski definition) is 0. The number of aryl methyl sites for hydroxylation is 1. The summed E-state index contributed by atoms with van der Waals surface area (Å²) in [7, 11) is 1.81. The Morgan fingerprint density at radius 2 is 1.96 bits per heavy atom. The van der Waals surface area contributed by atoms with E-state index in [2.05, 4.69) is 15.1 Å². The Morgan fingerprint density at radius 1 is 1.15 bits per heavy atom. The predicted molar refractivity (Wildman–Crippen MR) is 99.6 cm³/mol. The van der Waals surface area contributed by atoms with Gasteiger partial charge >= 0.3 is 0 Å². The molecule has 3 heterocycles. The van der Waals surface area contributed by atoms with Gasteiger partial charge in [0.1, 0.15) is 17.1 Å². The van der Waals surface area contributed by atoms with Gasteiger partial charge in [-0.05, 0) is 31.0 Å². The minimum absolute atomic E-state index is 0.0466. The summed E-state index contributed by atoms with van der Waals surface area (Å²) in [6.07, 6.45) is 6.93. The van der Waals surface area contributed by atoms with Crippen LogP contribution in [0.4, 0.5) is 0 Å². The van der Waals surface area contributed by atoms with Crippen LogP contribution in [0.3, 0.4) is 0 Å². The number of rotatable bonds is 4. The van der Waals surface area contributed by atoms with E-state index in [1.165, 1.54) is 0 Å². The van der Waals surface area contributed by atoms with Crippen molar-refractivity contribution >= 4 is 5.91 Å². The van der Waals surface area contributed by atoms with E-state index >= 15 is 0 Å². The van der Waals surface area contributed by atoms with Crippen molar-refractivity contribution in [1.29, 1.82) is 0 Å². The van der Waals surface area contributed by atoms with Crippen molar-refractivity contribution in [2.24, 2.45) is 7.05 Å². The van der Waals surface area contributed by atoms with Crippen molar-refractivity contribution in [2.75, 3.05) is 13.1 Å². The first-order valence-corrected chi connectivity index (χ1v) is 9.03. The van der Waals surface area contributed by atoms with E-state index in [0.717, 1.165) is 30.8 Å². The van der Waals surface area contributed by atoms with E-state index in [1.54, 1.807) is 29.3 Å². The molecule has 4 rings (SSSR count). The van der Waals surface area contributed by atoms with Gasteiger partial charge in [0.05, 0.1) is 0 Å². The van der Waals surface area contributed by atoms with Crippen molar-refractivity contribution in [3.63, 3.8) is 0 Å². The second-order valence-corrected chi connectivity index (χ2v) is 6.63. The fourth-order valence-electron chi connectivity index (χ4n) is 3.37. The monoisotopic (exact) mass is 363 g/mol. The summed E-state index contributed by atoms with van der Waals surface area (Å²) in [4.78, 5) is 23.5. The van der Waals surface area contributed by atoms with Gasteiger partial charge < -0.3 is 9.64 Å². The molecule has 0 radical (unpaired) electrons. The number of hydrogen-bond acceptors (Lipinski definition) is 5. The summed E-state index contributed by atoms with van der Waals surface area (Å²) < 4.78 is 7.60. The molecular formula is C20H21N5O2. The number of aromatic nitrogens is 4. The van der Waals surface area contributed by atoms with Crippen molar-refractivity contribution in [2.45, 2.75) is 18.8 Å². The molecule has 1 aliphatic heterocycles. The SMILES string of the molecule is Cn1ccc(C(=O)N2CCCC(c3nccnc3Oc3ccccc3)C2)n1. The van der Waals surface area contributed by atoms with E-state index in [0.29, 0.717) is 18.1 Å². The van der Waals surface area contributed by atoms with Gasteiger partial charge in [-0.2, -0.15) is 5.10 Å². The molecule has 7 nitrogen and oxygen atoms in total. The third kappa shape index (κ3) is 3.81. The molecule has 3 aromatic rings. The minimum Gasteiger partial charge on any atom is -0.437 e. The number of carbonyl (C=O) groups excluding carboxylic acids is 1. The molecule has 1 aliphatic rings. The fourth-order valence-corrected chi connectivity index (χ4v) is 3.37. The van der Waals surface area contributed by atoms with Crippen LogP contribution >= 0.6 is 0 Å². The van der Waals surface area contributed by atoms with E-state index in [-0.39, 0.29) is 11.8 Å². The Balaban J connectivity index is 1.54. The smallest absolute Gasteiger partial charge is 0.274 e. The number of likely N-dealkylation sites (tertiary alicyclic amines) is 1. The van der Waals surface area contributed by atoms with Crippen LogP contribution < -0.4 is 4.74 Å². The number of amides is 1. The molecule has 27 heavy (non-hydrogen) atoms. The number of benzene rings is 1. The van der Waals surface area contributed by atoms with Crippen LogP contribution in [0.5, 0.6) is 11.6 Å². The lowest BCUT2D eigenvalue weighted by Crippen LogP contribution is -2.39.